The highest BCUT2D eigenvalue weighted by Crippen LogP contribution is 2.49. The van der Waals surface area contributed by atoms with Crippen LogP contribution in [0.4, 0.5) is 24.5 Å². The van der Waals surface area contributed by atoms with Crippen LogP contribution in [0, 0.1) is 11.6 Å². The van der Waals surface area contributed by atoms with E-state index in [1.807, 2.05) is 7.05 Å². The van der Waals surface area contributed by atoms with E-state index < -0.39 is 51.9 Å². The first-order chi connectivity index (χ1) is 14.7. The number of fused-ring (bicyclic) bond motifs is 1. The Balaban J connectivity index is 1.80. The predicted octanol–water partition coefficient (Wildman–Crippen LogP) is 2.56. The Labute approximate surface area is 175 Å². The molecule has 1 saturated heterocycles. The lowest BCUT2D eigenvalue weighted by Crippen LogP contribution is -2.48. The fraction of sp³-hybridized carbons (Fsp3) is 0.524. The fourth-order valence-corrected chi connectivity index (χ4v) is 5.15. The van der Waals surface area contributed by atoms with Crippen molar-refractivity contribution in [1.82, 2.24) is 9.88 Å². The van der Waals surface area contributed by atoms with Crippen LogP contribution in [0.2, 0.25) is 0 Å². The molecule has 5 rings (SSSR count). The largest absolute Gasteiger partial charge is 0.477 e. The Morgan fingerprint density at radius 2 is 2.00 bits per heavy atom. The van der Waals surface area contributed by atoms with Gasteiger partial charge in [-0.05, 0) is 32.7 Å². The highest BCUT2D eigenvalue weighted by molar-refractivity contribution is 6.00. The molecule has 0 spiro atoms. The zero-order chi connectivity index (χ0) is 22.2. The van der Waals surface area contributed by atoms with E-state index in [1.165, 1.54) is 0 Å². The van der Waals surface area contributed by atoms with Gasteiger partial charge in [0.25, 0.3) is 0 Å². The molecule has 4 N–H and O–H groups in total. The molecule has 1 aromatic heterocycles. The summed E-state index contributed by atoms with van der Waals surface area (Å²) < 4.78 is 46.4. The van der Waals surface area contributed by atoms with Gasteiger partial charge in [-0.15, -0.1) is 0 Å². The van der Waals surface area contributed by atoms with Gasteiger partial charge in [0.15, 0.2) is 11.6 Å². The van der Waals surface area contributed by atoms with Gasteiger partial charge in [-0.1, -0.05) is 0 Å². The Morgan fingerprint density at radius 3 is 2.55 bits per heavy atom. The summed E-state index contributed by atoms with van der Waals surface area (Å²) in [5.41, 5.74) is 2.68. The standard InChI is InChI=1S/C21H23F3N4O3/c1-26-21(4-5-21)12-3-2-6-27(12)18-14(23)16(25)13-17(15(18)24)28(11-7-10(11)22)8-9(19(13)29)20(30)31/h8,10-12,26H,2-7,25H2,1H3,(H,30,31)/t10-,11+,12?/m0/s1. The highest BCUT2D eigenvalue weighted by Gasteiger charge is 2.53. The van der Waals surface area contributed by atoms with Crippen molar-refractivity contribution in [2.45, 2.75) is 55.9 Å². The molecule has 0 radical (unpaired) electrons. The number of nitrogens with two attached hydrogens (primary N) is 1. The van der Waals surface area contributed by atoms with Gasteiger partial charge in [-0.25, -0.2) is 18.0 Å². The Hall–Kier alpha value is -2.75. The van der Waals surface area contributed by atoms with Gasteiger partial charge in [0.1, 0.15) is 17.4 Å². The van der Waals surface area contributed by atoms with Crippen LogP contribution in [0.5, 0.6) is 0 Å². The molecule has 2 saturated carbocycles. The summed E-state index contributed by atoms with van der Waals surface area (Å²) in [6.07, 6.45) is 2.95. The summed E-state index contributed by atoms with van der Waals surface area (Å²) in [6.45, 7) is 0.416. The SMILES string of the molecule is CNC1(C2CCCN2c2c(F)c(N)c3c(=O)c(C(=O)O)cn([C@@H]4C[C@@H]4F)c3c2F)CC1. The molecule has 10 heteroatoms. The number of nitrogen functional groups attached to an aromatic ring is 1. The summed E-state index contributed by atoms with van der Waals surface area (Å²) in [5, 5.41) is 12.1. The minimum Gasteiger partial charge on any atom is -0.477 e. The number of carboxylic acid groups (broad SMARTS) is 1. The van der Waals surface area contributed by atoms with E-state index in [-0.39, 0.29) is 29.2 Å². The molecule has 2 aliphatic carbocycles. The van der Waals surface area contributed by atoms with Crippen molar-refractivity contribution in [3.8, 4) is 0 Å². The molecule has 1 unspecified atom stereocenters. The number of carbonyl (C=O) groups is 1. The third-order valence-corrected chi connectivity index (χ3v) is 7.10. The van der Waals surface area contributed by atoms with E-state index in [0.717, 1.165) is 36.4 Å². The van der Waals surface area contributed by atoms with E-state index in [9.17, 15) is 19.1 Å². The fourth-order valence-electron chi connectivity index (χ4n) is 5.15. The van der Waals surface area contributed by atoms with Crippen molar-refractivity contribution in [3.63, 3.8) is 0 Å². The molecule has 3 aliphatic rings. The number of anilines is 2. The molecular weight excluding hydrogens is 413 g/mol. The summed E-state index contributed by atoms with van der Waals surface area (Å²) >= 11 is 0. The number of nitrogens with one attached hydrogen (secondary N) is 1. The van der Waals surface area contributed by atoms with Crippen molar-refractivity contribution in [3.05, 3.63) is 33.6 Å². The molecule has 2 aromatic rings. The van der Waals surface area contributed by atoms with Crippen LogP contribution < -0.4 is 21.4 Å². The number of benzene rings is 1. The van der Waals surface area contributed by atoms with E-state index in [1.54, 1.807) is 4.90 Å². The number of carboxylic acids is 1. The third kappa shape index (κ3) is 2.77. The molecule has 166 valence electrons. The van der Waals surface area contributed by atoms with Crippen molar-refractivity contribution in [2.75, 3.05) is 24.2 Å². The number of pyridine rings is 1. The van der Waals surface area contributed by atoms with E-state index >= 15 is 8.78 Å². The van der Waals surface area contributed by atoms with Crippen molar-refractivity contribution < 1.29 is 23.1 Å². The second-order valence-corrected chi connectivity index (χ2v) is 8.77. The van der Waals surface area contributed by atoms with Gasteiger partial charge in [0, 0.05) is 30.7 Å². The summed E-state index contributed by atoms with van der Waals surface area (Å²) in [4.78, 5) is 26.0. The van der Waals surface area contributed by atoms with Gasteiger partial charge in [0.05, 0.1) is 22.6 Å². The molecule has 31 heavy (non-hydrogen) atoms. The van der Waals surface area contributed by atoms with Crippen LogP contribution >= 0.6 is 0 Å². The molecule has 1 aromatic carbocycles. The van der Waals surface area contributed by atoms with Gasteiger partial charge in [0.2, 0.25) is 5.43 Å². The molecule has 0 bridgehead atoms. The van der Waals surface area contributed by atoms with Gasteiger partial charge in [-0.3, -0.25) is 4.79 Å². The number of rotatable bonds is 5. The maximum atomic E-state index is 15.9. The van der Waals surface area contributed by atoms with Gasteiger partial charge in [-0.2, -0.15) is 0 Å². The smallest absolute Gasteiger partial charge is 0.341 e. The summed E-state index contributed by atoms with van der Waals surface area (Å²) in [5.74, 6) is -3.65. The molecular formula is C21H23F3N4O3. The molecule has 7 nitrogen and oxygen atoms in total. The first-order valence-corrected chi connectivity index (χ1v) is 10.4. The Morgan fingerprint density at radius 1 is 1.32 bits per heavy atom. The number of halogens is 3. The first-order valence-electron chi connectivity index (χ1n) is 10.4. The number of hydrogen-bond acceptors (Lipinski definition) is 5. The van der Waals surface area contributed by atoms with Crippen molar-refractivity contribution in [2.24, 2.45) is 0 Å². The summed E-state index contributed by atoms with van der Waals surface area (Å²) in [7, 11) is 1.82. The molecule has 3 fully saturated rings. The zero-order valence-corrected chi connectivity index (χ0v) is 16.9. The molecule has 3 atom stereocenters. The molecule has 1 aliphatic heterocycles. The van der Waals surface area contributed by atoms with Crippen LogP contribution in [0.3, 0.4) is 0 Å². The monoisotopic (exact) mass is 436 g/mol. The number of aromatic nitrogens is 1. The first kappa shape index (κ1) is 20.2. The molecule has 0 amide bonds. The number of aromatic carboxylic acids is 1. The minimum atomic E-state index is -1.56. The quantitative estimate of drug-likeness (QED) is 0.623. The van der Waals surface area contributed by atoms with E-state index in [2.05, 4.69) is 5.32 Å². The third-order valence-electron chi connectivity index (χ3n) is 7.10. The lowest BCUT2D eigenvalue weighted by Gasteiger charge is -2.34. The van der Waals surface area contributed by atoms with Crippen LogP contribution in [-0.2, 0) is 0 Å². The number of nitrogens with zero attached hydrogens (tertiary/aromatic N) is 2. The van der Waals surface area contributed by atoms with Gasteiger partial charge >= 0.3 is 5.97 Å². The van der Waals surface area contributed by atoms with E-state index in [0.29, 0.717) is 6.54 Å². The normalized spacial score (nSPS) is 26.5. The average Bonchev–Trinajstić information content (AvgIpc) is 3.63. The lowest BCUT2D eigenvalue weighted by molar-refractivity contribution is 0.0694. The zero-order valence-electron chi connectivity index (χ0n) is 16.9. The lowest BCUT2D eigenvalue weighted by atomic mass is 10.0. The van der Waals surface area contributed by atoms with Crippen LogP contribution in [-0.4, -0.2) is 47.0 Å². The highest BCUT2D eigenvalue weighted by atomic mass is 19.1. The second kappa shape index (κ2) is 6.62. The van der Waals surface area contributed by atoms with Crippen molar-refractivity contribution >= 4 is 28.2 Å². The second-order valence-electron chi connectivity index (χ2n) is 8.77. The van der Waals surface area contributed by atoms with Crippen LogP contribution in [0.25, 0.3) is 10.9 Å². The average molecular weight is 436 g/mol. The minimum absolute atomic E-state index is 0.0539. The maximum Gasteiger partial charge on any atom is 0.341 e. The number of hydrogen-bond donors (Lipinski definition) is 3. The Kier molecular flexibility index (Phi) is 4.31. The molecule has 2 heterocycles. The maximum absolute atomic E-state index is 15.9. The number of likely N-dealkylation sites (N-methyl/N-ethyl adjacent to an activating group) is 1. The number of alkyl halides is 1. The summed E-state index contributed by atoms with van der Waals surface area (Å²) in [6, 6.07) is -0.971. The van der Waals surface area contributed by atoms with Gasteiger partial charge < -0.3 is 25.6 Å². The predicted molar refractivity (Wildman–Crippen MR) is 109 cm³/mol. The van der Waals surface area contributed by atoms with Crippen LogP contribution in [0.15, 0.2) is 11.0 Å². The van der Waals surface area contributed by atoms with E-state index in [4.69, 9.17) is 5.73 Å². The Bertz CT molecular complexity index is 1180. The van der Waals surface area contributed by atoms with Crippen molar-refractivity contribution in [1.29, 1.82) is 0 Å². The topological polar surface area (TPSA) is 101 Å². The van der Waals surface area contributed by atoms with Crippen LogP contribution in [0.1, 0.15) is 48.5 Å².